The predicted octanol–water partition coefficient (Wildman–Crippen LogP) is 0.838. The van der Waals surface area contributed by atoms with Gasteiger partial charge in [-0.1, -0.05) is 13.8 Å². The summed E-state index contributed by atoms with van der Waals surface area (Å²) in [5.74, 6) is 1.44. The van der Waals surface area contributed by atoms with Crippen molar-refractivity contribution in [2.75, 3.05) is 13.1 Å². The molecule has 2 atom stereocenters. The molecule has 0 saturated carbocycles. The van der Waals surface area contributed by atoms with Crippen LogP contribution in [0.25, 0.3) is 0 Å². The van der Waals surface area contributed by atoms with Gasteiger partial charge in [-0.3, -0.25) is 4.79 Å². The normalized spacial score (nSPS) is 25.3. The van der Waals surface area contributed by atoms with Crippen molar-refractivity contribution in [1.29, 1.82) is 0 Å². The van der Waals surface area contributed by atoms with E-state index in [-0.39, 0.29) is 11.9 Å². The number of amides is 1. The van der Waals surface area contributed by atoms with Crippen LogP contribution in [0.3, 0.4) is 0 Å². The van der Waals surface area contributed by atoms with Gasteiger partial charge in [-0.15, -0.1) is 0 Å². The minimum Gasteiger partial charge on any atom is -0.341 e. The van der Waals surface area contributed by atoms with Crippen LogP contribution in [0.5, 0.6) is 0 Å². The third-order valence-electron chi connectivity index (χ3n) is 2.87. The van der Waals surface area contributed by atoms with E-state index < -0.39 is 0 Å². The molecule has 3 nitrogen and oxygen atoms in total. The van der Waals surface area contributed by atoms with E-state index in [1.165, 1.54) is 0 Å². The molecule has 1 amide bonds. The highest BCUT2D eigenvalue weighted by atomic mass is 16.2. The summed E-state index contributed by atoms with van der Waals surface area (Å²) in [5.41, 5.74) is 5.55. The number of nitrogens with two attached hydrogens (primary N) is 1. The Hall–Kier alpha value is -0.570. The van der Waals surface area contributed by atoms with Gasteiger partial charge in [-0.2, -0.15) is 0 Å². The second-order valence-corrected chi connectivity index (χ2v) is 4.37. The Kier molecular flexibility index (Phi) is 3.31. The molecule has 0 radical (unpaired) electrons. The lowest BCUT2D eigenvalue weighted by Gasteiger charge is -2.19. The van der Waals surface area contributed by atoms with Gasteiger partial charge in [0.05, 0.1) is 6.04 Å². The van der Waals surface area contributed by atoms with Crippen molar-refractivity contribution >= 4 is 5.91 Å². The van der Waals surface area contributed by atoms with Crippen LogP contribution in [0.4, 0.5) is 0 Å². The van der Waals surface area contributed by atoms with Gasteiger partial charge in [0, 0.05) is 13.1 Å². The largest absolute Gasteiger partial charge is 0.341 e. The van der Waals surface area contributed by atoms with E-state index in [0.717, 1.165) is 19.5 Å². The molecule has 1 aliphatic heterocycles. The van der Waals surface area contributed by atoms with Gasteiger partial charge in [0.15, 0.2) is 0 Å². The number of likely N-dealkylation sites (tertiary alicyclic amines) is 1. The second kappa shape index (κ2) is 4.09. The zero-order valence-electron chi connectivity index (χ0n) is 8.79. The van der Waals surface area contributed by atoms with Crippen LogP contribution in [0.2, 0.25) is 0 Å². The fraction of sp³-hybridized carbons (Fsp3) is 0.900. The summed E-state index contributed by atoms with van der Waals surface area (Å²) in [7, 11) is 0. The van der Waals surface area contributed by atoms with Crippen molar-refractivity contribution in [2.24, 2.45) is 17.6 Å². The number of nitrogens with zero attached hydrogens (tertiary/aromatic N) is 1. The molecule has 0 aliphatic carbocycles. The molecule has 2 N–H and O–H groups in total. The van der Waals surface area contributed by atoms with Gasteiger partial charge < -0.3 is 10.6 Å². The van der Waals surface area contributed by atoms with Gasteiger partial charge >= 0.3 is 0 Å². The van der Waals surface area contributed by atoms with Crippen molar-refractivity contribution in [3.63, 3.8) is 0 Å². The van der Waals surface area contributed by atoms with Crippen LogP contribution in [-0.4, -0.2) is 29.9 Å². The molecule has 1 rings (SSSR count). The van der Waals surface area contributed by atoms with Crippen molar-refractivity contribution in [3.05, 3.63) is 0 Å². The number of carbonyl (C=O) groups excluding carboxylic acids is 1. The number of carbonyl (C=O) groups is 1. The van der Waals surface area contributed by atoms with Crippen molar-refractivity contribution < 1.29 is 4.79 Å². The highest BCUT2D eigenvalue weighted by Crippen LogP contribution is 2.23. The first kappa shape index (κ1) is 10.5. The van der Waals surface area contributed by atoms with E-state index in [1.54, 1.807) is 6.92 Å². The van der Waals surface area contributed by atoms with E-state index in [2.05, 4.69) is 13.8 Å². The molecule has 0 aromatic carbocycles. The zero-order chi connectivity index (χ0) is 10.0. The summed E-state index contributed by atoms with van der Waals surface area (Å²) in [6, 6.07) is -0.342. The lowest BCUT2D eigenvalue weighted by Crippen LogP contribution is -2.40. The summed E-state index contributed by atoms with van der Waals surface area (Å²) >= 11 is 0. The van der Waals surface area contributed by atoms with E-state index >= 15 is 0 Å². The maximum Gasteiger partial charge on any atom is 0.239 e. The molecular weight excluding hydrogens is 164 g/mol. The Balaban J connectivity index is 2.45. The Morgan fingerprint density at radius 3 is 2.46 bits per heavy atom. The van der Waals surface area contributed by atoms with E-state index in [1.807, 2.05) is 4.90 Å². The molecule has 0 aromatic rings. The van der Waals surface area contributed by atoms with Gasteiger partial charge in [-0.25, -0.2) is 0 Å². The maximum absolute atomic E-state index is 11.5. The fourth-order valence-corrected chi connectivity index (χ4v) is 1.82. The van der Waals surface area contributed by atoms with Crippen LogP contribution >= 0.6 is 0 Å². The molecule has 0 bridgehead atoms. The van der Waals surface area contributed by atoms with E-state index in [9.17, 15) is 4.79 Å². The maximum atomic E-state index is 11.5. The summed E-state index contributed by atoms with van der Waals surface area (Å²) in [6.45, 7) is 7.97. The van der Waals surface area contributed by atoms with Crippen LogP contribution < -0.4 is 5.73 Å². The summed E-state index contributed by atoms with van der Waals surface area (Å²) in [6.07, 6.45) is 1.14. The molecule has 0 aromatic heterocycles. The van der Waals surface area contributed by atoms with Crippen LogP contribution in [0.15, 0.2) is 0 Å². The van der Waals surface area contributed by atoms with Crippen LogP contribution in [-0.2, 0) is 4.79 Å². The molecule has 76 valence electrons. The van der Waals surface area contributed by atoms with Crippen molar-refractivity contribution in [2.45, 2.75) is 33.2 Å². The number of hydrogen-bond acceptors (Lipinski definition) is 2. The smallest absolute Gasteiger partial charge is 0.239 e. The second-order valence-electron chi connectivity index (χ2n) is 4.37. The zero-order valence-corrected chi connectivity index (χ0v) is 8.79. The lowest BCUT2D eigenvalue weighted by molar-refractivity contribution is -0.131. The molecule has 1 saturated heterocycles. The minimum atomic E-state index is -0.342. The van der Waals surface area contributed by atoms with Crippen molar-refractivity contribution in [3.8, 4) is 0 Å². The Morgan fingerprint density at radius 1 is 1.46 bits per heavy atom. The summed E-state index contributed by atoms with van der Waals surface area (Å²) < 4.78 is 0. The Morgan fingerprint density at radius 2 is 2.08 bits per heavy atom. The summed E-state index contributed by atoms with van der Waals surface area (Å²) in [5, 5.41) is 0. The van der Waals surface area contributed by atoms with E-state index in [4.69, 9.17) is 5.73 Å². The quantitative estimate of drug-likeness (QED) is 0.691. The lowest BCUT2D eigenvalue weighted by atomic mass is 9.95. The highest BCUT2D eigenvalue weighted by molar-refractivity contribution is 5.81. The minimum absolute atomic E-state index is 0.100. The third-order valence-corrected chi connectivity index (χ3v) is 2.87. The number of rotatable bonds is 2. The van der Waals surface area contributed by atoms with Gasteiger partial charge in [0.25, 0.3) is 0 Å². The first-order chi connectivity index (χ1) is 6.02. The van der Waals surface area contributed by atoms with Gasteiger partial charge in [0.1, 0.15) is 0 Å². The molecule has 3 heteroatoms. The Bertz CT molecular complexity index is 189. The fourth-order valence-electron chi connectivity index (χ4n) is 1.82. The molecule has 1 heterocycles. The Labute approximate surface area is 80.3 Å². The standard InChI is InChI=1S/C10H20N2O/c1-7(2)9-4-5-12(6-9)10(13)8(3)11/h7-9H,4-6,11H2,1-3H3. The molecule has 1 fully saturated rings. The monoisotopic (exact) mass is 184 g/mol. The number of hydrogen-bond donors (Lipinski definition) is 1. The predicted molar refractivity (Wildman–Crippen MR) is 53.2 cm³/mol. The molecular formula is C10H20N2O. The first-order valence-electron chi connectivity index (χ1n) is 5.06. The SMILES string of the molecule is CC(N)C(=O)N1CCC(C(C)C)C1. The van der Waals surface area contributed by atoms with Crippen LogP contribution in [0, 0.1) is 11.8 Å². The summed E-state index contributed by atoms with van der Waals surface area (Å²) in [4.78, 5) is 13.4. The molecule has 1 aliphatic rings. The van der Waals surface area contributed by atoms with E-state index in [0.29, 0.717) is 11.8 Å². The average molecular weight is 184 g/mol. The first-order valence-corrected chi connectivity index (χ1v) is 5.06. The molecule has 0 spiro atoms. The highest BCUT2D eigenvalue weighted by Gasteiger charge is 2.28. The van der Waals surface area contributed by atoms with Gasteiger partial charge in [0.2, 0.25) is 5.91 Å². The van der Waals surface area contributed by atoms with Crippen LogP contribution in [0.1, 0.15) is 27.2 Å². The molecule has 2 unspecified atom stereocenters. The third kappa shape index (κ3) is 2.44. The molecule has 13 heavy (non-hydrogen) atoms. The van der Waals surface area contributed by atoms with Crippen molar-refractivity contribution in [1.82, 2.24) is 4.90 Å². The average Bonchev–Trinajstić information content (AvgIpc) is 2.50. The van der Waals surface area contributed by atoms with Gasteiger partial charge in [-0.05, 0) is 25.2 Å². The topological polar surface area (TPSA) is 46.3 Å².